The number of aliphatic hydroxyl groups excluding tert-OH is 1. The van der Waals surface area contributed by atoms with E-state index in [0.717, 1.165) is 17.5 Å². The van der Waals surface area contributed by atoms with E-state index in [1.807, 2.05) is 29.0 Å². The third kappa shape index (κ3) is 7.59. The summed E-state index contributed by atoms with van der Waals surface area (Å²) in [6.45, 7) is 0.197. The number of nitrogens with zero attached hydrogens (tertiary/aromatic N) is 1. The SMILES string of the molecule is COc1ccc(CCNC(=O)c2ccc(S(=O)(=O)NC(=O)c3ccc(C(=O)NCCO)nc3)cc2)cc1. The molecule has 0 fully saturated rings. The summed E-state index contributed by atoms with van der Waals surface area (Å²) in [6, 6.07) is 15.1. The topological polar surface area (TPSA) is 164 Å². The van der Waals surface area contributed by atoms with Gasteiger partial charge < -0.3 is 20.5 Å². The van der Waals surface area contributed by atoms with Gasteiger partial charge in [0, 0.05) is 24.8 Å². The van der Waals surface area contributed by atoms with Crippen LogP contribution in [0.25, 0.3) is 0 Å². The van der Waals surface area contributed by atoms with Crippen molar-refractivity contribution in [2.45, 2.75) is 11.3 Å². The molecule has 0 bridgehead atoms. The predicted molar refractivity (Wildman–Crippen MR) is 134 cm³/mol. The number of aliphatic hydroxyl groups is 1. The molecule has 4 N–H and O–H groups in total. The standard InChI is InChI=1S/C25H26N4O7S/c1-36-20-7-2-17(3-8-20)12-13-26-23(31)18-4-9-21(10-5-18)37(34,35)29-24(32)19-6-11-22(28-16-19)25(33)27-14-15-30/h2-11,16,30H,12-15H2,1H3,(H,26,31)(H,27,33)(H,29,32). The number of aromatic nitrogens is 1. The number of methoxy groups -OCH3 is 1. The van der Waals surface area contributed by atoms with Crippen molar-refractivity contribution in [1.82, 2.24) is 20.3 Å². The Balaban J connectivity index is 1.55. The highest BCUT2D eigenvalue weighted by atomic mass is 32.2. The normalized spacial score (nSPS) is 10.9. The van der Waals surface area contributed by atoms with Crippen LogP contribution < -0.4 is 20.1 Å². The Hall–Kier alpha value is -4.29. The fraction of sp³-hybridized carbons (Fsp3) is 0.200. The van der Waals surface area contributed by atoms with Crippen molar-refractivity contribution in [3.8, 4) is 5.75 Å². The van der Waals surface area contributed by atoms with Crippen LogP contribution in [-0.4, -0.2) is 63.0 Å². The van der Waals surface area contributed by atoms with E-state index in [1.165, 1.54) is 36.4 Å². The lowest BCUT2D eigenvalue weighted by atomic mass is 10.1. The number of carbonyl (C=O) groups is 3. The van der Waals surface area contributed by atoms with Crippen molar-refractivity contribution >= 4 is 27.7 Å². The molecule has 3 aromatic rings. The average molecular weight is 527 g/mol. The minimum Gasteiger partial charge on any atom is -0.497 e. The van der Waals surface area contributed by atoms with Crippen molar-refractivity contribution in [1.29, 1.82) is 0 Å². The number of benzene rings is 2. The summed E-state index contributed by atoms with van der Waals surface area (Å²) in [6.07, 6.45) is 1.68. The second-order valence-electron chi connectivity index (χ2n) is 7.72. The number of ether oxygens (including phenoxy) is 1. The lowest BCUT2D eigenvalue weighted by molar-refractivity contribution is 0.0934. The largest absolute Gasteiger partial charge is 0.497 e. The van der Waals surface area contributed by atoms with E-state index in [-0.39, 0.29) is 40.8 Å². The summed E-state index contributed by atoms with van der Waals surface area (Å²) >= 11 is 0. The molecule has 0 aliphatic rings. The lowest BCUT2D eigenvalue weighted by Gasteiger charge is -2.09. The van der Waals surface area contributed by atoms with Crippen LogP contribution in [0.5, 0.6) is 5.75 Å². The third-order valence-electron chi connectivity index (χ3n) is 5.17. The van der Waals surface area contributed by atoms with E-state index in [2.05, 4.69) is 15.6 Å². The summed E-state index contributed by atoms with van der Waals surface area (Å²) in [7, 11) is -2.64. The molecule has 3 amide bonds. The van der Waals surface area contributed by atoms with Crippen molar-refractivity contribution in [2.24, 2.45) is 0 Å². The van der Waals surface area contributed by atoms with Gasteiger partial charge in [0.25, 0.3) is 27.7 Å². The summed E-state index contributed by atoms with van der Waals surface area (Å²) in [5.74, 6) is -1.10. The molecule has 3 rings (SSSR count). The Morgan fingerprint density at radius 1 is 0.838 bits per heavy atom. The Bertz CT molecular complexity index is 1340. The highest BCUT2D eigenvalue weighted by Gasteiger charge is 2.20. The fourth-order valence-electron chi connectivity index (χ4n) is 3.16. The number of amides is 3. The van der Waals surface area contributed by atoms with Gasteiger partial charge in [-0.3, -0.25) is 19.4 Å². The lowest BCUT2D eigenvalue weighted by Crippen LogP contribution is -2.31. The van der Waals surface area contributed by atoms with E-state index in [1.54, 1.807) is 7.11 Å². The molecule has 37 heavy (non-hydrogen) atoms. The maximum Gasteiger partial charge on any atom is 0.269 e. The molecule has 0 aliphatic carbocycles. The van der Waals surface area contributed by atoms with E-state index < -0.39 is 21.8 Å². The van der Waals surface area contributed by atoms with Crippen LogP contribution in [0.15, 0.2) is 71.8 Å². The van der Waals surface area contributed by atoms with Gasteiger partial charge in [-0.25, -0.2) is 13.1 Å². The van der Waals surface area contributed by atoms with Crippen molar-refractivity contribution in [3.05, 3.63) is 89.2 Å². The van der Waals surface area contributed by atoms with Crippen LogP contribution in [0.4, 0.5) is 0 Å². The fourth-order valence-corrected chi connectivity index (χ4v) is 4.14. The molecule has 0 saturated heterocycles. The molecule has 1 heterocycles. The van der Waals surface area contributed by atoms with Gasteiger partial charge in [-0.15, -0.1) is 0 Å². The Labute approximate surface area is 213 Å². The number of sulfonamides is 1. The van der Waals surface area contributed by atoms with Gasteiger partial charge in [0.1, 0.15) is 11.4 Å². The van der Waals surface area contributed by atoms with Gasteiger partial charge in [-0.05, 0) is 60.5 Å². The van der Waals surface area contributed by atoms with Crippen LogP contribution in [0.2, 0.25) is 0 Å². The molecule has 0 aliphatic heterocycles. The molecule has 0 spiro atoms. The van der Waals surface area contributed by atoms with E-state index in [4.69, 9.17) is 9.84 Å². The van der Waals surface area contributed by atoms with Gasteiger partial charge in [-0.1, -0.05) is 12.1 Å². The number of hydrogen-bond donors (Lipinski definition) is 4. The molecule has 0 saturated carbocycles. The van der Waals surface area contributed by atoms with Crippen LogP contribution in [0, 0.1) is 0 Å². The van der Waals surface area contributed by atoms with Crippen molar-refractivity contribution in [3.63, 3.8) is 0 Å². The first-order chi connectivity index (χ1) is 17.7. The first-order valence-corrected chi connectivity index (χ1v) is 12.7. The Morgan fingerprint density at radius 3 is 2.08 bits per heavy atom. The number of hydrogen-bond acceptors (Lipinski definition) is 8. The molecule has 0 radical (unpaired) electrons. The molecule has 12 heteroatoms. The second kappa shape index (κ2) is 12.6. The number of rotatable bonds is 11. The number of nitrogens with one attached hydrogen (secondary N) is 3. The minimum absolute atomic E-state index is 0.00530. The van der Waals surface area contributed by atoms with Crippen molar-refractivity contribution in [2.75, 3.05) is 26.8 Å². The minimum atomic E-state index is -4.22. The van der Waals surface area contributed by atoms with Crippen LogP contribution >= 0.6 is 0 Å². The van der Waals surface area contributed by atoms with Crippen LogP contribution in [0.3, 0.4) is 0 Å². The zero-order valence-corrected chi connectivity index (χ0v) is 20.7. The monoisotopic (exact) mass is 526 g/mol. The quantitative estimate of drug-likeness (QED) is 0.286. The van der Waals surface area contributed by atoms with Crippen LogP contribution in [0.1, 0.15) is 36.8 Å². The molecule has 11 nitrogen and oxygen atoms in total. The summed E-state index contributed by atoms with van der Waals surface area (Å²) in [5, 5.41) is 13.9. The highest BCUT2D eigenvalue weighted by molar-refractivity contribution is 7.90. The number of carbonyl (C=O) groups excluding carboxylic acids is 3. The van der Waals surface area contributed by atoms with Gasteiger partial charge >= 0.3 is 0 Å². The van der Waals surface area contributed by atoms with E-state index >= 15 is 0 Å². The summed E-state index contributed by atoms with van der Waals surface area (Å²) in [5.41, 5.74) is 1.22. The summed E-state index contributed by atoms with van der Waals surface area (Å²) < 4.78 is 32.3. The molecule has 1 aromatic heterocycles. The average Bonchev–Trinajstić information content (AvgIpc) is 2.92. The van der Waals surface area contributed by atoms with E-state index in [9.17, 15) is 22.8 Å². The zero-order valence-electron chi connectivity index (χ0n) is 19.9. The Kier molecular flexibility index (Phi) is 9.30. The van der Waals surface area contributed by atoms with Gasteiger partial charge in [0.05, 0.1) is 24.2 Å². The third-order valence-corrected chi connectivity index (χ3v) is 6.51. The maximum absolute atomic E-state index is 12.6. The van der Waals surface area contributed by atoms with Gasteiger partial charge in [-0.2, -0.15) is 0 Å². The molecule has 0 atom stereocenters. The predicted octanol–water partition coefficient (Wildman–Crippen LogP) is 0.904. The van der Waals surface area contributed by atoms with Gasteiger partial charge in [0.2, 0.25) is 0 Å². The Morgan fingerprint density at radius 2 is 1.49 bits per heavy atom. The molecule has 2 aromatic carbocycles. The number of pyridine rings is 1. The van der Waals surface area contributed by atoms with E-state index in [0.29, 0.717) is 13.0 Å². The second-order valence-corrected chi connectivity index (χ2v) is 9.41. The first-order valence-electron chi connectivity index (χ1n) is 11.2. The molecular weight excluding hydrogens is 500 g/mol. The highest BCUT2D eigenvalue weighted by Crippen LogP contribution is 2.13. The molecule has 0 unspecified atom stereocenters. The maximum atomic E-state index is 12.6. The molecule has 194 valence electrons. The van der Waals surface area contributed by atoms with Crippen LogP contribution in [-0.2, 0) is 16.4 Å². The zero-order chi connectivity index (χ0) is 26.8. The first kappa shape index (κ1) is 27.3. The summed E-state index contributed by atoms with van der Waals surface area (Å²) in [4.78, 5) is 40.2. The smallest absolute Gasteiger partial charge is 0.269 e. The van der Waals surface area contributed by atoms with Gasteiger partial charge in [0.15, 0.2) is 0 Å². The molecular formula is C25H26N4O7S. The van der Waals surface area contributed by atoms with Crippen molar-refractivity contribution < 1.29 is 32.6 Å².